The summed E-state index contributed by atoms with van der Waals surface area (Å²) in [5.74, 6) is 1.23. The van der Waals surface area contributed by atoms with Gasteiger partial charge >= 0.3 is 0 Å². The molecule has 0 saturated heterocycles. The van der Waals surface area contributed by atoms with Crippen molar-refractivity contribution in [3.63, 3.8) is 0 Å². The third-order valence-electron chi connectivity index (χ3n) is 5.12. The number of pyridine rings is 1. The molecular formula is C25H20N6O2. The lowest BCUT2D eigenvalue weighted by molar-refractivity contribution is -0.115. The van der Waals surface area contributed by atoms with Crippen molar-refractivity contribution in [2.75, 3.05) is 12.4 Å². The van der Waals surface area contributed by atoms with Crippen LogP contribution in [0.3, 0.4) is 0 Å². The topological polar surface area (TPSA) is 94.3 Å². The van der Waals surface area contributed by atoms with E-state index in [1.807, 2.05) is 78.9 Å². The Morgan fingerprint density at radius 1 is 0.939 bits per heavy atom. The lowest BCUT2D eigenvalue weighted by Gasteiger charge is -2.08. The van der Waals surface area contributed by atoms with E-state index in [9.17, 15) is 4.79 Å². The minimum atomic E-state index is -0.100. The standard InChI is InChI=1S/C25H20N6O2/c1-33-20-10-8-17(9-11-20)15-24(32)27-19-6-4-5-18(16-19)21-12-13-23-28-29-25(31(23)30-21)22-7-2-3-14-26-22/h2-14,16H,15H2,1H3,(H,27,32). The van der Waals surface area contributed by atoms with Crippen molar-refractivity contribution < 1.29 is 9.53 Å². The van der Waals surface area contributed by atoms with E-state index in [1.165, 1.54) is 0 Å². The van der Waals surface area contributed by atoms with Crippen molar-refractivity contribution in [1.29, 1.82) is 0 Å². The van der Waals surface area contributed by atoms with Crippen LogP contribution < -0.4 is 10.1 Å². The molecule has 0 aliphatic rings. The summed E-state index contributed by atoms with van der Waals surface area (Å²) in [5.41, 5.74) is 4.51. The number of benzene rings is 2. The zero-order valence-corrected chi connectivity index (χ0v) is 17.8. The first-order valence-electron chi connectivity index (χ1n) is 10.4. The Labute approximate surface area is 189 Å². The summed E-state index contributed by atoms with van der Waals surface area (Å²) in [4.78, 5) is 16.9. The van der Waals surface area contributed by atoms with Gasteiger partial charge in [-0.3, -0.25) is 9.78 Å². The summed E-state index contributed by atoms with van der Waals surface area (Å²) in [5, 5.41) is 16.1. The highest BCUT2D eigenvalue weighted by Crippen LogP contribution is 2.23. The molecule has 0 unspecified atom stereocenters. The summed E-state index contributed by atoms with van der Waals surface area (Å²) in [6.07, 6.45) is 1.98. The molecule has 5 rings (SSSR count). The summed E-state index contributed by atoms with van der Waals surface area (Å²) >= 11 is 0. The molecule has 5 aromatic rings. The molecular weight excluding hydrogens is 416 g/mol. The number of fused-ring (bicyclic) bond motifs is 1. The molecule has 0 bridgehead atoms. The van der Waals surface area contributed by atoms with Crippen LogP contribution in [0.1, 0.15) is 5.56 Å². The fourth-order valence-electron chi connectivity index (χ4n) is 3.49. The van der Waals surface area contributed by atoms with E-state index in [-0.39, 0.29) is 12.3 Å². The molecule has 1 amide bonds. The van der Waals surface area contributed by atoms with Crippen molar-refractivity contribution in [3.8, 4) is 28.5 Å². The SMILES string of the molecule is COc1ccc(CC(=O)Nc2cccc(-c3ccc4nnc(-c5ccccn5)n4n3)c2)cc1. The molecule has 2 aromatic carbocycles. The van der Waals surface area contributed by atoms with Crippen LogP contribution in [-0.2, 0) is 11.2 Å². The number of rotatable bonds is 6. The fraction of sp³-hybridized carbons (Fsp3) is 0.0800. The zero-order chi connectivity index (χ0) is 22.6. The number of anilines is 1. The minimum absolute atomic E-state index is 0.100. The number of carbonyl (C=O) groups is 1. The van der Waals surface area contributed by atoms with Crippen molar-refractivity contribution in [2.24, 2.45) is 0 Å². The second-order valence-corrected chi connectivity index (χ2v) is 7.38. The van der Waals surface area contributed by atoms with E-state index in [4.69, 9.17) is 9.84 Å². The summed E-state index contributed by atoms with van der Waals surface area (Å²) in [6.45, 7) is 0. The molecule has 0 aliphatic carbocycles. The van der Waals surface area contributed by atoms with E-state index >= 15 is 0 Å². The second-order valence-electron chi connectivity index (χ2n) is 7.38. The van der Waals surface area contributed by atoms with E-state index in [2.05, 4.69) is 20.5 Å². The van der Waals surface area contributed by atoms with Gasteiger partial charge in [0, 0.05) is 17.4 Å². The summed E-state index contributed by atoms with van der Waals surface area (Å²) in [6, 6.07) is 24.4. The lowest BCUT2D eigenvalue weighted by Crippen LogP contribution is -2.14. The highest BCUT2D eigenvalue weighted by molar-refractivity contribution is 5.92. The Morgan fingerprint density at radius 2 is 1.82 bits per heavy atom. The summed E-state index contributed by atoms with van der Waals surface area (Å²) in [7, 11) is 1.62. The summed E-state index contributed by atoms with van der Waals surface area (Å²) < 4.78 is 6.83. The van der Waals surface area contributed by atoms with Gasteiger partial charge in [-0.25, -0.2) is 0 Å². The number of methoxy groups -OCH3 is 1. The number of hydrogen-bond donors (Lipinski definition) is 1. The van der Waals surface area contributed by atoms with Gasteiger partial charge in [-0.15, -0.1) is 10.2 Å². The van der Waals surface area contributed by atoms with Gasteiger partial charge in [-0.2, -0.15) is 9.61 Å². The van der Waals surface area contributed by atoms with Crippen LogP contribution in [0.25, 0.3) is 28.4 Å². The van der Waals surface area contributed by atoms with Crippen molar-refractivity contribution in [3.05, 3.63) is 90.6 Å². The molecule has 0 atom stereocenters. The van der Waals surface area contributed by atoms with Crippen LogP contribution in [0.5, 0.6) is 5.75 Å². The molecule has 3 heterocycles. The fourth-order valence-corrected chi connectivity index (χ4v) is 3.49. The average Bonchev–Trinajstić information content (AvgIpc) is 3.28. The molecule has 0 spiro atoms. The maximum Gasteiger partial charge on any atom is 0.228 e. The van der Waals surface area contributed by atoms with Gasteiger partial charge < -0.3 is 10.1 Å². The van der Waals surface area contributed by atoms with Crippen LogP contribution in [0.15, 0.2) is 85.1 Å². The maximum atomic E-state index is 12.5. The lowest BCUT2D eigenvalue weighted by atomic mass is 10.1. The molecule has 3 aromatic heterocycles. The molecule has 33 heavy (non-hydrogen) atoms. The minimum Gasteiger partial charge on any atom is -0.497 e. The Balaban J connectivity index is 1.37. The first-order valence-corrected chi connectivity index (χ1v) is 10.4. The van der Waals surface area contributed by atoms with Gasteiger partial charge in [0.05, 0.1) is 19.2 Å². The van der Waals surface area contributed by atoms with Gasteiger partial charge in [0.2, 0.25) is 11.7 Å². The predicted octanol–water partition coefficient (Wildman–Crippen LogP) is 4.04. The normalized spacial score (nSPS) is 10.8. The third-order valence-corrected chi connectivity index (χ3v) is 5.12. The van der Waals surface area contributed by atoms with Crippen LogP contribution in [0.4, 0.5) is 5.69 Å². The predicted molar refractivity (Wildman–Crippen MR) is 125 cm³/mol. The molecule has 1 N–H and O–H groups in total. The third kappa shape index (κ3) is 4.40. The van der Waals surface area contributed by atoms with Gasteiger partial charge in [0.1, 0.15) is 11.4 Å². The number of hydrogen-bond acceptors (Lipinski definition) is 6. The average molecular weight is 436 g/mol. The largest absolute Gasteiger partial charge is 0.497 e. The molecule has 0 fully saturated rings. The van der Waals surface area contributed by atoms with Crippen molar-refractivity contribution in [2.45, 2.75) is 6.42 Å². The highest BCUT2D eigenvalue weighted by atomic mass is 16.5. The van der Waals surface area contributed by atoms with Gasteiger partial charge in [-0.1, -0.05) is 30.3 Å². The zero-order valence-electron chi connectivity index (χ0n) is 17.8. The van der Waals surface area contributed by atoms with E-state index in [0.717, 1.165) is 22.6 Å². The molecule has 0 aliphatic heterocycles. The number of carbonyl (C=O) groups excluding carboxylic acids is 1. The van der Waals surface area contributed by atoms with Gasteiger partial charge in [0.25, 0.3) is 0 Å². The van der Waals surface area contributed by atoms with Crippen LogP contribution >= 0.6 is 0 Å². The van der Waals surface area contributed by atoms with Gasteiger partial charge in [-0.05, 0) is 54.1 Å². The highest BCUT2D eigenvalue weighted by Gasteiger charge is 2.12. The van der Waals surface area contributed by atoms with E-state index < -0.39 is 0 Å². The second kappa shape index (κ2) is 8.88. The quantitative estimate of drug-likeness (QED) is 0.432. The van der Waals surface area contributed by atoms with Crippen molar-refractivity contribution >= 4 is 17.2 Å². The molecule has 8 nitrogen and oxygen atoms in total. The van der Waals surface area contributed by atoms with E-state index in [0.29, 0.717) is 22.9 Å². The molecule has 162 valence electrons. The monoisotopic (exact) mass is 436 g/mol. The van der Waals surface area contributed by atoms with Crippen LogP contribution in [0.2, 0.25) is 0 Å². The maximum absolute atomic E-state index is 12.5. The molecule has 0 radical (unpaired) electrons. The first kappa shape index (κ1) is 20.3. The number of nitrogens with one attached hydrogen (secondary N) is 1. The molecule has 0 saturated carbocycles. The van der Waals surface area contributed by atoms with Crippen LogP contribution in [0, 0.1) is 0 Å². The van der Waals surface area contributed by atoms with E-state index in [1.54, 1.807) is 17.8 Å². The smallest absolute Gasteiger partial charge is 0.228 e. The number of nitrogens with zero attached hydrogens (tertiary/aromatic N) is 5. The number of ether oxygens (including phenoxy) is 1. The van der Waals surface area contributed by atoms with Gasteiger partial charge in [0.15, 0.2) is 5.65 Å². The Bertz CT molecular complexity index is 1410. The number of aromatic nitrogens is 5. The Morgan fingerprint density at radius 3 is 2.61 bits per heavy atom. The van der Waals surface area contributed by atoms with Crippen LogP contribution in [-0.4, -0.2) is 37.8 Å². The first-order chi connectivity index (χ1) is 16.2. The molecule has 8 heteroatoms. The van der Waals surface area contributed by atoms with Crippen molar-refractivity contribution in [1.82, 2.24) is 24.8 Å². The Kier molecular flexibility index (Phi) is 5.47. The Hall–Kier alpha value is -4.59. The number of amides is 1.